The van der Waals surface area contributed by atoms with Gasteiger partial charge in [0.1, 0.15) is 0 Å². The zero-order valence-electron chi connectivity index (χ0n) is 9.75. The average Bonchev–Trinajstić information content (AvgIpc) is 2.26. The minimum Gasteiger partial charge on any atom is -0.478 e. The van der Waals surface area contributed by atoms with Crippen LogP contribution in [0.4, 0.5) is 0 Å². The van der Waals surface area contributed by atoms with Crippen LogP contribution in [-0.2, 0) is 4.79 Å². The number of aliphatic carboxylic acids is 1. The van der Waals surface area contributed by atoms with Gasteiger partial charge in [0, 0.05) is 5.57 Å². The van der Waals surface area contributed by atoms with Gasteiger partial charge in [0.05, 0.1) is 0 Å². The molecule has 0 bridgehead atoms. The Balaban J connectivity index is 2.37. The summed E-state index contributed by atoms with van der Waals surface area (Å²) in [5.41, 5.74) is 0.463. The maximum atomic E-state index is 10.6. The summed E-state index contributed by atoms with van der Waals surface area (Å²) >= 11 is 0. The molecule has 1 aliphatic carbocycles. The minimum absolute atomic E-state index is 0.463. The van der Waals surface area contributed by atoms with E-state index in [0.717, 1.165) is 12.3 Å². The molecule has 0 saturated heterocycles. The molecular formula is C13H21O2. The van der Waals surface area contributed by atoms with Crippen LogP contribution in [0.25, 0.3) is 0 Å². The maximum absolute atomic E-state index is 10.6. The lowest BCUT2D eigenvalue weighted by Gasteiger charge is -2.26. The number of allylic oxidation sites excluding steroid dienone is 1. The molecule has 0 aliphatic heterocycles. The van der Waals surface area contributed by atoms with E-state index in [9.17, 15) is 4.79 Å². The predicted molar refractivity (Wildman–Crippen MR) is 61.5 cm³/mol. The van der Waals surface area contributed by atoms with E-state index >= 15 is 0 Å². The molecule has 1 N–H and O–H groups in total. The van der Waals surface area contributed by atoms with Crippen LogP contribution in [0.1, 0.15) is 52.4 Å². The molecule has 2 heteroatoms. The highest BCUT2D eigenvalue weighted by atomic mass is 16.4. The topological polar surface area (TPSA) is 37.3 Å². The van der Waals surface area contributed by atoms with Gasteiger partial charge in [-0.05, 0) is 38.0 Å². The second-order valence-corrected chi connectivity index (χ2v) is 4.58. The Morgan fingerprint density at radius 2 is 1.87 bits per heavy atom. The highest BCUT2D eigenvalue weighted by Gasteiger charge is 2.19. The Labute approximate surface area is 92.4 Å². The number of hydrogen-bond donors (Lipinski definition) is 1. The van der Waals surface area contributed by atoms with Crippen molar-refractivity contribution in [1.29, 1.82) is 0 Å². The average molecular weight is 209 g/mol. The van der Waals surface area contributed by atoms with Crippen molar-refractivity contribution in [3.8, 4) is 0 Å². The summed E-state index contributed by atoms with van der Waals surface area (Å²) in [6.45, 7) is 3.83. The lowest BCUT2D eigenvalue weighted by atomic mass is 9.79. The van der Waals surface area contributed by atoms with Crippen LogP contribution in [0, 0.1) is 11.8 Å². The molecule has 0 amide bonds. The Morgan fingerprint density at radius 3 is 2.40 bits per heavy atom. The van der Waals surface area contributed by atoms with Crippen molar-refractivity contribution in [3.63, 3.8) is 0 Å². The van der Waals surface area contributed by atoms with Gasteiger partial charge in [0.15, 0.2) is 0 Å². The van der Waals surface area contributed by atoms with E-state index in [1.54, 1.807) is 6.92 Å². The Hall–Kier alpha value is -0.790. The lowest BCUT2D eigenvalue weighted by molar-refractivity contribution is -0.132. The summed E-state index contributed by atoms with van der Waals surface area (Å²) in [4.78, 5) is 10.6. The van der Waals surface area contributed by atoms with E-state index in [1.807, 2.05) is 6.08 Å². The van der Waals surface area contributed by atoms with Crippen LogP contribution in [0.5, 0.6) is 0 Å². The van der Waals surface area contributed by atoms with E-state index in [0.29, 0.717) is 5.57 Å². The van der Waals surface area contributed by atoms with Crippen LogP contribution < -0.4 is 0 Å². The molecule has 1 aliphatic rings. The van der Waals surface area contributed by atoms with Gasteiger partial charge in [-0.1, -0.05) is 32.3 Å². The van der Waals surface area contributed by atoms with Crippen molar-refractivity contribution in [3.05, 3.63) is 17.6 Å². The van der Waals surface area contributed by atoms with Gasteiger partial charge in [-0.2, -0.15) is 0 Å². The van der Waals surface area contributed by atoms with E-state index in [-0.39, 0.29) is 0 Å². The number of hydrogen-bond acceptors (Lipinski definition) is 1. The molecule has 1 rings (SSSR count). The first-order valence-corrected chi connectivity index (χ1v) is 5.83. The van der Waals surface area contributed by atoms with Gasteiger partial charge in [0.25, 0.3) is 0 Å². The standard InChI is InChI=1S/C13H21O2/c1-10(8-9-11(2)13(14)15)12-6-4-3-5-7-12/h9,12H,3-8H2,1-2H3,(H,14,15). The van der Waals surface area contributed by atoms with Crippen molar-refractivity contribution >= 4 is 5.97 Å². The second kappa shape index (κ2) is 5.94. The number of rotatable bonds is 4. The van der Waals surface area contributed by atoms with Crippen LogP contribution in [0.15, 0.2) is 11.6 Å². The third-order valence-electron chi connectivity index (χ3n) is 3.37. The molecule has 0 unspecified atom stereocenters. The zero-order valence-corrected chi connectivity index (χ0v) is 9.75. The van der Waals surface area contributed by atoms with E-state index in [4.69, 9.17) is 5.11 Å². The van der Waals surface area contributed by atoms with Crippen molar-refractivity contribution in [2.75, 3.05) is 0 Å². The van der Waals surface area contributed by atoms with E-state index < -0.39 is 5.97 Å². The Bertz CT molecular complexity index is 237. The van der Waals surface area contributed by atoms with Crippen LogP contribution in [-0.4, -0.2) is 11.1 Å². The second-order valence-electron chi connectivity index (χ2n) is 4.58. The summed E-state index contributed by atoms with van der Waals surface area (Å²) in [7, 11) is 0. The van der Waals surface area contributed by atoms with Gasteiger partial charge in [-0.15, -0.1) is 0 Å². The fraction of sp³-hybridized carbons (Fsp3) is 0.692. The first-order chi connectivity index (χ1) is 7.11. The molecule has 0 spiro atoms. The van der Waals surface area contributed by atoms with Crippen LogP contribution >= 0.6 is 0 Å². The highest BCUT2D eigenvalue weighted by molar-refractivity contribution is 5.85. The molecule has 0 aromatic heterocycles. The van der Waals surface area contributed by atoms with Crippen molar-refractivity contribution < 1.29 is 9.90 Å². The summed E-state index contributed by atoms with van der Waals surface area (Å²) in [5.74, 6) is 1.39. The molecule has 0 atom stereocenters. The largest absolute Gasteiger partial charge is 0.478 e. The van der Waals surface area contributed by atoms with E-state index in [2.05, 4.69) is 6.92 Å². The van der Waals surface area contributed by atoms with E-state index in [1.165, 1.54) is 38.0 Å². The van der Waals surface area contributed by atoms with Crippen molar-refractivity contribution in [2.45, 2.75) is 52.4 Å². The summed E-state index contributed by atoms with van der Waals surface area (Å²) in [6.07, 6.45) is 9.31. The van der Waals surface area contributed by atoms with Crippen molar-refractivity contribution in [2.24, 2.45) is 5.92 Å². The maximum Gasteiger partial charge on any atom is 0.330 e. The molecule has 1 saturated carbocycles. The summed E-state index contributed by atoms with van der Waals surface area (Å²) in [6, 6.07) is 0. The molecule has 0 aromatic rings. The fourth-order valence-electron chi connectivity index (χ4n) is 2.16. The molecule has 1 fully saturated rings. The number of carbonyl (C=O) groups is 1. The van der Waals surface area contributed by atoms with Crippen LogP contribution in [0.2, 0.25) is 0 Å². The summed E-state index contributed by atoms with van der Waals surface area (Å²) in [5, 5.41) is 8.73. The quantitative estimate of drug-likeness (QED) is 0.718. The Morgan fingerprint density at radius 1 is 1.27 bits per heavy atom. The minimum atomic E-state index is -0.800. The molecule has 1 radical (unpaired) electrons. The van der Waals surface area contributed by atoms with Gasteiger partial charge in [-0.3, -0.25) is 0 Å². The van der Waals surface area contributed by atoms with Gasteiger partial charge in [-0.25, -0.2) is 4.79 Å². The predicted octanol–water partition coefficient (Wildman–Crippen LogP) is 3.58. The molecule has 15 heavy (non-hydrogen) atoms. The highest BCUT2D eigenvalue weighted by Crippen LogP contribution is 2.33. The molecule has 2 nitrogen and oxygen atoms in total. The smallest absolute Gasteiger partial charge is 0.330 e. The molecule has 0 aromatic carbocycles. The van der Waals surface area contributed by atoms with Crippen molar-refractivity contribution in [1.82, 2.24) is 0 Å². The first kappa shape index (κ1) is 12.3. The Kier molecular flexibility index (Phi) is 4.86. The third kappa shape index (κ3) is 4.06. The zero-order chi connectivity index (χ0) is 11.3. The fourth-order valence-corrected chi connectivity index (χ4v) is 2.16. The monoisotopic (exact) mass is 209 g/mol. The van der Waals surface area contributed by atoms with Crippen LogP contribution in [0.3, 0.4) is 0 Å². The lowest BCUT2D eigenvalue weighted by Crippen LogP contribution is -2.13. The number of carboxylic acid groups (broad SMARTS) is 1. The first-order valence-electron chi connectivity index (χ1n) is 5.83. The molecule has 85 valence electrons. The summed E-state index contributed by atoms with van der Waals surface area (Å²) < 4.78 is 0. The third-order valence-corrected chi connectivity index (χ3v) is 3.37. The van der Waals surface area contributed by atoms with Gasteiger partial charge < -0.3 is 5.11 Å². The molecular weight excluding hydrogens is 188 g/mol. The normalized spacial score (nSPS) is 19.5. The molecule has 0 heterocycles. The SMILES string of the molecule is C[C](CC=C(C)C(=O)O)C1CCCCC1. The van der Waals surface area contributed by atoms with Gasteiger partial charge >= 0.3 is 5.97 Å². The number of carboxylic acids is 1. The van der Waals surface area contributed by atoms with Gasteiger partial charge in [0.2, 0.25) is 0 Å².